The van der Waals surface area contributed by atoms with Crippen molar-refractivity contribution in [1.82, 2.24) is 20.1 Å². The lowest BCUT2D eigenvalue weighted by atomic mass is 10.2. The maximum Gasteiger partial charge on any atom is 0.307 e. The maximum absolute atomic E-state index is 12.1. The number of aryl methyl sites for hydroxylation is 2. The number of carbonyl (C=O) groups excluding carboxylic acids is 1. The molecule has 24 heavy (non-hydrogen) atoms. The summed E-state index contributed by atoms with van der Waals surface area (Å²) in [5.74, 6) is 0.209. The number of nitrogens with one attached hydrogen (secondary N) is 1. The van der Waals surface area contributed by atoms with Gasteiger partial charge in [0.05, 0.1) is 18.4 Å². The fourth-order valence-corrected chi connectivity index (χ4v) is 2.50. The van der Waals surface area contributed by atoms with Crippen LogP contribution in [0.4, 0.5) is 0 Å². The number of amides is 1. The zero-order chi connectivity index (χ0) is 17.1. The second-order valence-corrected chi connectivity index (χ2v) is 5.88. The number of halogens is 1. The van der Waals surface area contributed by atoms with Gasteiger partial charge in [0.15, 0.2) is 5.76 Å². The van der Waals surface area contributed by atoms with Crippen molar-refractivity contribution in [3.05, 3.63) is 58.8 Å². The number of aromatic nitrogens is 3. The summed E-state index contributed by atoms with van der Waals surface area (Å²) >= 11 is 5.86. The van der Waals surface area contributed by atoms with E-state index in [1.54, 1.807) is 12.1 Å². The molecule has 0 aliphatic heterocycles. The third-order valence-electron chi connectivity index (χ3n) is 3.54. The lowest BCUT2D eigenvalue weighted by Gasteiger charge is -2.05. The number of carbonyl (C=O) groups is 1. The summed E-state index contributed by atoms with van der Waals surface area (Å²) in [5, 5.41) is 7.77. The summed E-state index contributed by atoms with van der Waals surface area (Å²) < 4.78 is 7.36. The van der Waals surface area contributed by atoms with Crippen LogP contribution in [0.5, 0.6) is 0 Å². The normalized spacial score (nSPS) is 10.8. The monoisotopic (exact) mass is 344 g/mol. The minimum absolute atomic E-state index is 0.0355. The van der Waals surface area contributed by atoms with Crippen molar-refractivity contribution in [3.63, 3.8) is 0 Å². The van der Waals surface area contributed by atoms with Gasteiger partial charge in [-0.2, -0.15) is 5.10 Å². The van der Waals surface area contributed by atoms with Crippen molar-refractivity contribution in [2.45, 2.75) is 20.4 Å². The van der Waals surface area contributed by atoms with Crippen LogP contribution >= 0.6 is 11.6 Å². The Hall–Kier alpha value is -2.60. The number of hydrogen-bond acceptors (Lipinski definition) is 4. The van der Waals surface area contributed by atoms with E-state index in [0.29, 0.717) is 23.9 Å². The van der Waals surface area contributed by atoms with E-state index < -0.39 is 0 Å². The average Bonchev–Trinajstić information content (AvgIpc) is 3.15. The van der Waals surface area contributed by atoms with Crippen LogP contribution in [0.25, 0.3) is 11.3 Å². The number of hydrogen-bond donors (Lipinski definition) is 1. The summed E-state index contributed by atoms with van der Waals surface area (Å²) in [6.07, 6.45) is 1.53. The molecule has 124 valence electrons. The molecule has 6 nitrogen and oxygen atoms in total. The van der Waals surface area contributed by atoms with Gasteiger partial charge in [-0.1, -0.05) is 11.6 Å². The molecule has 0 unspecified atom stereocenters. The molecule has 7 heteroatoms. The molecular formula is C17H17ClN4O2. The van der Waals surface area contributed by atoms with Crippen molar-refractivity contribution in [2.24, 2.45) is 0 Å². The van der Waals surface area contributed by atoms with Gasteiger partial charge in [0.1, 0.15) is 0 Å². The van der Waals surface area contributed by atoms with Gasteiger partial charge in [-0.3, -0.25) is 9.48 Å². The topological polar surface area (TPSA) is 73.0 Å². The zero-order valence-electron chi connectivity index (χ0n) is 13.4. The van der Waals surface area contributed by atoms with Crippen molar-refractivity contribution in [1.29, 1.82) is 0 Å². The van der Waals surface area contributed by atoms with Gasteiger partial charge >= 0.3 is 5.91 Å². The summed E-state index contributed by atoms with van der Waals surface area (Å²) in [4.78, 5) is 16.1. The van der Waals surface area contributed by atoms with Crippen LogP contribution in [-0.4, -0.2) is 27.2 Å². The minimum Gasteiger partial charge on any atom is -0.432 e. The number of nitrogens with zero attached hydrogens (tertiary/aromatic N) is 3. The van der Waals surface area contributed by atoms with Crippen LogP contribution in [0.1, 0.15) is 22.1 Å². The SMILES string of the molecule is Cc1cc(C)n(CCNC(=O)c2ncc(-c3ccc(Cl)cc3)o2)n1. The third kappa shape index (κ3) is 3.65. The van der Waals surface area contributed by atoms with Gasteiger partial charge in [-0.25, -0.2) is 4.98 Å². The van der Waals surface area contributed by atoms with E-state index in [1.165, 1.54) is 6.20 Å². The molecule has 0 fully saturated rings. The van der Waals surface area contributed by atoms with Crippen LogP contribution < -0.4 is 5.32 Å². The molecule has 1 amide bonds. The molecule has 3 rings (SSSR count). The lowest BCUT2D eigenvalue weighted by molar-refractivity contribution is 0.0918. The first-order chi connectivity index (χ1) is 11.5. The Morgan fingerprint density at radius 2 is 2.04 bits per heavy atom. The fraction of sp³-hybridized carbons (Fsp3) is 0.235. The van der Waals surface area contributed by atoms with Crippen molar-refractivity contribution < 1.29 is 9.21 Å². The highest BCUT2D eigenvalue weighted by Gasteiger charge is 2.14. The lowest BCUT2D eigenvalue weighted by Crippen LogP contribution is -2.28. The van der Waals surface area contributed by atoms with E-state index in [4.69, 9.17) is 16.0 Å². The fourth-order valence-electron chi connectivity index (χ4n) is 2.38. The van der Waals surface area contributed by atoms with E-state index >= 15 is 0 Å². The quantitative estimate of drug-likeness (QED) is 0.771. The summed E-state index contributed by atoms with van der Waals surface area (Å²) in [6, 6.07) is 9.14. The van der Waals surface area contributed by atoms with E-state index in [1.807, 2.05) is 36.7 Å². The molecule has 0 radical (unpaired) electrons. The molecule has 0 aliphatic carbocycles. The molecule has 1 N–H and O–H groups in total. The molecule has 0 spiro atoms. The predicted molar refractivity (Wildman–Crippen MR) is 91.0 cm³/mol. The van der Waals surface area contributed by atoms with Crippen LogP contribution in [0.3, 0.4) is 0 Å². The van der Waals surface area contributed by atoms with Crippen molar-refractivity contribution in [2.75, 3.05) is 6.54 Å². The Kier molecular flexibility index (Phi) is 4.66. The van der Waals surface area contributed by atoms with Gasteiger partial charge in [0.25, 0.3) is 5.89 Å². The highest BCUT2D eigenvalue weighted by Crippen LogP contribution is 2.22. The minimum atomic E-state index is -0.350. The van der Waals surface area contributed by atoms with Gasteiger partial charge in [-0.05, 0) is 44.2 Å². The molecule has 0 aliphatic rings. The van der Waals surface area contributed by atoms with E-state index in [9.17, 15) is 4.79 Å². The summed E-state index contributed by atoms with van der Waals surface area (Å²) in [7, 11) is 0. The maximum atomic E-state index is 12.1. The van der Waals surface area contributed by atoms with Crippen LogP contribution in [0.2, 0.25) is 5.02 Å². The number of oxazole rings is 1. The molecule has 0 atom stereocenters. The molecule has 0 saturated carbocycles. The van der Waals surface area contributed by atoms with E-state index in [0.717, 1.165) is 17.0 Å². The zero-order valence-corrected chi connectivity index (χ0v) is 14.2. The van der Waals surface area contributed by atoms with E-state index in [-0.39, 0.29) is 11.8 Å². The number of rotatable bonds is 5. The molecule has 1 aromatic carbocycles. The van der Waals surface area contributed by atoms with Crippen LogP contribution in [0.15, 0.2) is 40.9 Å². The van der Waals surface area contributed by atoms with Crippen LogP contribution in [-0.2, 0) is 6.54 Å². The third-order valence-corrected chi connectivity index (χ3v) is 3.79. The van der Waals surface area contributed by atoms with Crippen LogP contribution in [0, 0.1) is 13.8 Å². The molecule has 2 aromatic heterocycles. The molecular weight excluding hydrogens is 328 g/mol. The molecule has 2 heterocycles. The number of benzene rings is 1. The van der Waals surface area contributed by atoms with Gasteiger partial charge in [0, 0.05) is 22.8 Å². The Morgan fingerprint density at radius 3 is 2.71 bits per heavy atom. The van der Waals surface area contributed by atoms with E-state index in [2.05, 4.69) is 15.4 Å². The molecule has 0 saturated heterocycles. The van der Waals surface area contributed by atoms with Crippen molar-refractivity contribution in [3.8, 4) is 11.3 Å². The van der Waals surface area contributed by atoms with Crippen molar-refractivity contribution >= 4 is 17.5 Å². The van der Waals surface area contributed by atoms with Gasteiger partial charge in [0.2, 0.25) is 0 Å². The van der Waals surface area contributed by atoms with Gasteiger partial charge < -0.3 is 9.73 Å². The molecule has 3 aromatic rings. The largest absolute Gasteiger partial charge is 0.432 e. The Labute approximate surface area is 144 Å². The Morgan fingerprint density at radius 1 is 1.29 bits per heavy atom. The Bertz CT molecular complexity index is 852. The highest BCUT2D eigenvalue weighted by atomic mass is 35.5. The second kappa shape index (κ2) is 6.88. The first-order valence-electron chi connectivity index (χ1n) is 7.54. The highest BCUT2D eigenvalue weighted by molar-refractivity contribution is 6.30. The first-order valence-corrected chi connectivity index (χ1v) is 7.92. The standard InChI is InChI=1S/C17H17ClN4O2/c1-11-9-12(2)22(21-11)8-7-19-16(23)17-20-10-15(24-17)13-3-5-14(18)6-4-13/h3-6,9-10H,7-8H2,1-2H3,(H,19,23). The summed E-state index contributed by atoms with van der Waals surface area (Å²) in [6.45, 7) is 4.96. The second-order valence-electron chi connectivity index (χ2n) is 5.44. The average molecular weight is 345 g/mol. The van der Waals surface area contributed by atoms with Gasteiger partial charge in [-0.15, -0.1) is 0 Å². The predicted octanol–water partition coefficient (Wildman–Crippen LogP) is 3.24. The molecule has 0 bridgehead atoms. The first kappa shape index (κ1) is 16.3. The summed E-state index contributed by atoms with van der Waals surface area (Å²) in [5.41, 5.74) is 2.83. The smallest absolute Gasteiger partial charge is 0.307 e. The Balaban J connectivity index is 1.59.